The maximum Gasteiger partial charge on any atom is 0.338 e. The van der Waals surface area contributed by atoms with Crippen molar-refractivity contribution in [3.05, 3.63) is 120 Å². The maximum absolute atomic E-state index is 13.0. The zero-order valence-corrected chi connectivity index (χ0v) is 23.1. The number of esters is 3. The van der Waals surface area contributed by atoms with Crippen LogP contribution in [0.25, 0.3) is 0 Å². The highest BCUT2D eigenvalue weighted by Gasteiger charge is 2.49. The second kappa shape index (κ2) is 13.1. The predicted octanol–water partition coefficient (Wildman–Crippen LogP) is 4.14. The predicted molar refractivity (Wildman–Crippen MR) is 146 cm³/mol. The van der Waals surface area contributed by atoms with Crippen molar-refractivity contribution in [1.82, 2.24) is 0 Å². The molecule has 1 fully saturated rings. The van der Waals surface area contributed by atoms with Crippen molar-refractivity contribution in [2.75, 3.05) is 6.61 Å². The molecule has 0 radical (unpaired) electrons. The maximum atomic E-state index is 13.0. The van der Waals surface area contributed by atoms with Gasteiger partial charge in [-0.1, -0.05) is 15.9 Å². The summed E-state index contributed by atoms with van der Waals surface area (Å²) >= 11 is 3.20. The van der Waals surface area contributed by atoms with E-state index in [1.165, 1.54) is 24.3 Å². The molecule has 0 bridgehead atoms. The third-order valence-electron chi connectivity index (χ3n) is 6.06. The van der Waals surface area contributed by atoms with Crippen LogP contribution in [0.5, 0.6) is 0 Å². The van der Waals surface area contributed by atoms with Gasteiger partial charge in [-0.3, -0.25) is 30.3 Å². The van der Waals surface area contributed by atoms with Gasteiger partial charge in [0.25, 0.3) is 17.1 Å². The number of hydrogen-bond acceptors (Lipinski definition) is 13. The number of nitrogens with zero attached hydrogens (tertiary/aromatic N) is 3. The molecule has 0 saturated carbocycles. The number of nitro groups is 3. The molecule has 4 atom stereocenters. The summed E-state index contributed by atoms with van der Waals surface area (Å²) in [6.07, 6.45) is -3.88. The summed E-state index contributed by atoms with van der Waals surface area (Å²) in [5.41, 5.74) is -0.922. The van der Waals surface area contributed by atoms with Crippen LogP contribution in [0.4, 0.5) is 17.1 Å². The van der Waals surface area contributed by atoms with Crippen molar-refractivity contribution in [1.29, 1.82) is 0 Å². The van der Waals surface area contributed by atoms with E-state index in [0.29, 0.717) is 0 Å². The smallest absolute Gasteiger partial charge is 0.338 e. The van der Waals surface area contributed by atoms with E-state index in [1.807, 2.05) is 0 Å². The lowest BCUT2D eigenvalue weighted by molar-refractivity contribution is -0.385. The van der Waals surface area contributed by atoms with Crippen LogP contribution in [0.1, 0.15) is 31.1 Å². The van der Waals surface area contributed by atoms with Crippen LogP contribution < -0.4 is 0 Å². The van der Waals surface area contributed by atoms with Crippen LogP contribution in [0.2, 0.25) is 0 Å². The Hall–Kier alpha value is -5.29. The highest BCUT2D eigenvalue weighted by atomic mass is 79.9. The van der Waals surface area contributed by atoms with Crippen molar-refractivity contribution >= 4 is 50.9 Å². The molecule has 1 saturated heterocycles. The first-order valence-corrected chi connectivity index (χ1v) is 13.0. The molecule has 43 heavy (non-hydrogen) atoms. The van der Waals surface area contributed by atoms with Gasteiger partial charge in [0, 0.05) is 36.4 Å². The third kappa shape index (κ3) is 7.32. The van der Waals surface area contributed by atoms with Gasteiger partial charge < -0.3 is 18.9 Å². The molecule has 16 nitrogen and oxygen atoms in total. The fourth-order valence-corrected chi connectivity index (χ4v) is 4.55. The molecule has 1 aliphatic heterocycles. The Balaban J connectivity index is 1.53. The van der Waals surface area contributed by atoms with Gasteiger partial charge in [-0.25, -0.2) is 14.4 Å². The number of carbonyl (C=O) groups excluding carboxylic acids is 3. The van der Waals surface area contributed by atoms with Crippen LogP contribution in [-0.2, 0) is 18.9 Å². The summed E-state index contributed by atoms with van der Waals surface area (Å²) in [4.78, 5) is 69.2. The van der Waals surface area contributed by atoms with Crippen molar-refractivity contribution in [2.45, 2.75) is 23.3 Å². The molecular weight excluding hydrogens is 642 g/mol. The number of ether oxygens (including phenoxy) is 4. The standard InChI is InChI=1S/C26H18BrN3O13/c27-23-22(43-26(33)16-5-11-19(12-6-16)30(38)39)21(42-25(32)15-3-9-18(10-4-15)29(36)37)20(41-23)13-40-24(31)14-1-7-17(8-2-14)28(34)35/h1-12,20-23H,13H2/t20-,21-,22-,23-/m1/s1. The minimum absolute atomic E-state index is 0.0143. The molecule has 1 aliphatic rings. The second-order valence-corrected chi connectivity index (χ2v) is 9.68. The Bertz CT molecular complexity index is 1560. The normalized spacial score (nSPS) is 19.2. The molecule has 1 heterocycles. The van der Waals surface area contributed by atoms with E-state index in [-0.39, 0.29) is 33.8 Å². The molecule has 222 valence electrons. The fraction of sp³-hybridized carbons (Fsp3) is 0.192. The van der Waals surface area contributed by atoms with Crippen molar-refractivity contribution in [3.8, 4) is 0 Å². The summed E-state index contributed by atoms with van der Waals surface area (Å²) in [6, 6.07) is 13.6. The lowest BCUT2D eigenvalue weighted by Crippen LogP contribution is -2.41. The van der Waals surface area contributed by atoms with Gasteiger partial charge in [-0.2, -0.15) is 0 Å². The van der Waals surface area contributed by atoms with Crippen LogP contribution in [-0.4, -0.2) is 62.6 Å². The summed E-state index contributed by atoms with van der Waals surface area (Å²) in [6.45, 7) is -0.512. The van der Waals surface area contributed by atoms with E-state index in [4.69, 9.17) is 18.9 Å². The molecule has 3 aromatic carbocycles. The molecule has 3 aromatic rings. The quantitative estimate of drug-likeness (QED) is 0.0983. The zero-order chi connectivity index (χ0) is 31.3. The lowest BCUT2D eigenvalue weighted by Gasteiger charge is -2.23. The number of halogens is 1. The minimum Gasteiger partial charge on any atom is -0.459 e. The Morgan fingerprint density at radius 2 is 0.977 bits per heavy atom. The van der Waals surface area contributed by atoms with Crippen LogP contribution in [0, 0.1) is 30.3 Å². The van der Waals surface area contributed by atoms with Gasteiger partial charge in [0.2, 0.25) is 0 Å². The van der Waals surface area contributed by atoms with Crippen LogP contribution in [0.15, 0.2) is 72.8 Å². The molecular formula is C26H18BrN3O13. The summed E-state index contributed by atoms with van der Waals surface area (Å²) < 4.78 is 22.1. The van der Waals surface area contributed by atoms with E-state index in [0.717, 1.165) is 48.5 Å². The summed E-state index contributed by atoms with van der Waals surface area (Å²) in [5, 5.41) is 31.6. The minimum atomic E-state index is -1.38. The molecule has 0 amide bonds. The molecule has 0 aromatic heterocycles. The van der Waals surface area contributed by atoms with Crippen LogP contribution >= 0.6 is 15.9 Å². The van der Waals surface area contributed by atoms with Gasteiger partial charge in [-0.15, -0.1) is 0 Å². The highest BCUT2D eigenvalue weighted by Crippen LogP contribution is 2.32. The number of benzene rings is 3. The van der Waals surface area contributed by atoms with E-state index < -0.39 is 62.6 Å². The largest absolute Gasteiger partial charge is 0.459 e. The van der Waals surface area contributed by atoms with Gasteiger partial charge in [0.1, 0.15) is 12.7 Å². The lowest BCUT2D eigenvalue weighted by atomic mass is 10.1. The average Bonchev–Trinajstić information content (AvgIpc) is 3.28. The molecule has 4 rings (SSSR count). The number of carbonyl (C=O) groups is 3. The molecule has 0 aliphatic carbocycles. The number of rotatable bonds is 10. The average molecular weight is 660 g/mol. The first-order valence-electron chi connectivity index (χ1n) is 12.1. The van der Waals surface area contributed by atoms with Crippen molar-refractivity contribution < 1.29 is 48.1 Å². The summed E-state index contributed by atoms with van der Waals surface area (Å²) in [5.74, 6) is -2.78. The molecule has 0 unspecified atom stereocenters. The number of hydrogen-bond donors (Lipinski definition) is 0. The van der Waals surface area contributed by atoms with E-state index in [9.17, 15) is 44.7 Å². The van der Waals surface area contributed by atoms with E-state index in [2.05, 4.69) is 15.9 Å². The van der Waals surface area contributed by atoms with Gasteiger partial charge >= 0.3 is 17.9 Å². The first kappa shape index (κ1) is 30.7. The van der Waals surface area contributed by atoms with Gasteiger partial charge in [-0.05, 0) is 36.4 Å². The molecule has 0 spiro atoms. The topological polar surface area (TPSA) is 218 Å². The number of non-ortho nitro benzene ring substituents is 3. The molecule has 0 N–H and O–H groups in total. The monoisotopic (exact) mass is 659 g/mol. The Labute approximate surface area is 248 Å². The number of nitro benzene ring substituents is 3. The van der Waals surface area contributed by atoms with Gasteiger partial charge in [0.05, 0.1) is 31.5 Å². The van der Waals surface area contributed by atoms with Gasteiger partial charge in [0.15, 0.2) is 17.2 Å². The van der Waals surface area contributed by atoms with E-state index >= 15 is 0 Å². The van der Waals surface area contributed by atoms with E-state index in [1.54, 1.807) is 0 Å². The van der Waals surface area contributed by atoms with Crippen molar-refractivity contribution in [2.24, 2.45) is 0 Å². The Morgan fingerprint density at radius 3 is 1.35 bits per heavy atom. The third-order valence-corrected chi connectivity index (χ3v) is 6.80. The SMILES string of the molecule is O=C(OC[C@H]1O[C@@H](Br)[C@H](OC(=O)c2ccc([N+](=O)[O-])cc2)[C@@H]1OC(=O)c1ccc([N+](=O)[O-])cc1)c1ccc([N+](=O)[O-])cc1. The van der Waals surface area contributed by atoms with Crippen molar-refractivity contribution in [3.63, 3.8) is 0 Å². The second-order valence-electron chi connectivity index (χ2n) is 8.78. The van der Waals surface area contributed by atoms with Crippen LogP contribution in [0.3, 0.4) is 0 Å². The number of alkyl halides is 1. The summed E-state index contributed by atoms with van der Waals surface area (Å²) in [7, 11) is 0. The highest BCUT2D eigenvalue weighted by molar-refractivity contribution is 9.09. The molecule has 17 heteroatoms. The Morgan fingerprint density at radius 1 is 0.628 bits per heavy atom. The zero-order valence-electron chi connectivity index (χ0n) is 21.5. The fourth-order valence-electron chi connectivity index (χ4n) is 3.86. The first-order chi connectivity index (χ1) is 20.4. The Kier molecular flexibility index (Phi) is 9.36.